The summed E-state index contributed by atoms with van der Waals surface area (Å²) in [4.78, 5) is 47.7. The number of nitrogens with two attached hydrogens (primary N) is 1. The Balaban J connectivity index is 2.40. The van der Waals surface area contributed by atoms with E-state index in [4.69, 9.17) is 41.6 Å². The van der Waals surface area contributed by atoms with Crippen LogP contribution < -0.4 is 16.4 Å². The first-order chi connectivity index (χ1) is 15.5. The number of hydrogen-bond donors (Lipinski definition) is 3. The molecule has 0 aromatic heterocycles. The SMILES string of the molecule is COC(=O)C1OC(NC(=S)Nc2ccccc2N)C(OC(C)=O)C(OC(C)=O)C1OC(C)=O. The summed E-state index contributed by atoms with van der Waals surface area (Å²) < 4.78 is 26.3. The largest absolute Gasteiger partial charge is 0.467 e. The van der Waals surface area contributed by atoms with Crippen LogP contribution in [0, 0.1) is 0 Å². The van der Waals surface area contributed by atoms with Crippen molar-refractivity contribution in [3.05, 3.63) is 24.3 Å². The quantitative estimate of drug-likeness (QED) is 0.218. The minimum Gasteiger partial charge on any atom is -0.467 e. The topological polar surface area (TPSA) is 165 Å². The lowest BCUT2D eigenvalue weighted by Gasteiger charge is -2.43. The molecule has 5 unspecified atom stereocenters. The highest BCUT2D eigenvalue weighted by molar-refractivity contribution is 7.80. The molecule has 4 N–H and O–H groups in total. The predicted molar refractivity (Wildman–Crippen MR) is 118 cm³/mol. The molecule has 12 nitrogen and oxygen atoms in total. The van der Waals surface area contributed by atoms with Crippen molar-refractivity contribution in [3.8, 4) is 0 Å². The van der Waals surface area contributed by atoms with Gasteiger partial charge in [0.25, 0.3) is 0 Å². The monoisotopic (exact) mass is 483 g/mol. The molecular formula is C20H25N3O9S. The van der Waals surface area contributed by atoms with Crippen LogP contribution in [-0.2, 0) is 42.9 Å². The standard InChI is InChI=1S/C20H25N3O9S/c1-9(24)29-14-15(30-10(2)25)17(19(27)28-4)32-18(16(14)31-11(3)26)23-20(33)22-13-8-6-5-7-12(13)21/h5-8,14-18H,21H2,1-4H3,(H2,22,23,33). The summed E-state index contributed by atoms with van der Waals surface area (Å²) in [7, 11) is 1.10. The first-order valence-electron chi connectivity index (χ1n) is 9.70. The Morgan fingerprint density at radius 1 is 0.939 bits per heavy atom. The fourth-order valence-corrected chi connectivity index (χ4v) is 3.36. The molecule has 1 aromatic rings. The molecule has 0 aliphatic carbocycles. The molecule has 0 amide bonds. The molecular weight excluding hydrogens is 458 g/mol. The van der Waals surface area contributed by atoms with Gasteiger partial charge in [0, 0.05) is 20.8 Å². The van der Waals surface area contributed by atoms with Crippen LogP contribution in [0.1, 0.15) is 20.8 Å². The molecule has 1 aliphatic rings. The maximum Gasteiger partial charge on any atom is 0.339 e. The Kier molecular flexibility index (Phi) is 8.94. The number of para-hydroxylation sites is 2. The Hall–Kier alpha value is -3.45. The highest BCUT2D eigenvalue weighted by Gasteiger charge is 2.55. The number of methoxy groups -OCH3 is 1. The van der Waals surface area contributed by atoms with Crippen molar-refractivity contribution >= 4 is 52.6 Å². The van der Waals surface area contributed by atoms with Gasteiger partial charge in [-0.2, -0.15) is 0 Å². The molecule has 0 radical (unpaired) electrons. The second kappa shape index (κ2) is 11.4. The summed E-state index contributed by atoms with van der Waals surface area (Å²) in [5, 5.41) is 5.61. The molecule has 0 saturated carbocycles. The van der Waals surface area contributed by atoms with Crippen LogP contribution in [0.15, 0.2) is 24.3 Å². The van der Waals surface area contributed by atoms with Gasteiger partial charge in [0.2, 0.25) is 0 Å². The molecule has 13 heteroatoms. The highest BCUT2D eigenvalue weighted by Crippen LogP contribution is 2.29. The van der Waals surface area contributed by atoms with Gasteiger partial charge >= 0.3 is 23.9 Å². The average molecular weight is 483 g/mol. The fourth-order valence-electron chi connectivity index (χ4n) is 3.13. The van der Waals surface area contributed by atoms with Gasteiger partial charge < -0.3 is 40.1 Å². The van der Waals surface area contributed by atoms with Gasteiger partial charge in [0.05, 0.1) is 18.5 Å². The van der Waals surface area contributed by atoms with Crippen LogP contribution in [0.3, 0.4) is 0 Å². The Morgan fingerprint density at radius 3 is 2.03 bits per heavy atom. The maximum atomic E-state index is 12.4. The number of carbonyl (C=O) groups excluding carboxylic acids is 4. The molecule has 2 rings (SSSR count). The van der Waals surface area contributed by atoms with E-state index in [1.54, 1.807) is 24.3 Å². The van der Waals surface area contributed by atoms with Crippen molar-refractivity contribution in [2.45, 2.75) is 51.4 Å². The Morgan fingerprint density at radius 2 is 1.48 bits per heavy atom. The minimum absolute atomic E-state index is 0.00817. The Labute approximate surface area is 195 Å². The second-order valence-electron chi connectivity index (χ2n) is 6.91. The molecule has 1 heterocycles. The predicted octanol–water partition coefficient (Wildman–Crippen LogP) is 0.248. The molecule has 1 aliphatic heterocycles. The number of carbonyl (C=O) groups is 4. The van der Waals surface area contributed by atoms with E-state index in [-0.39, 0.29) is 5.11 Å². The van der Waals surface area contributed by atoms with Crippen molar-refractivity contribution in [2.75, 3.05) is 18.2 Å². The maximum absolute atomic E-state index is 12.4. The van der Waals surface area contributed by atoms with Crippen LogP contribution in [-0.4, -0.2) is 66.7 Å². The number of benzene rings is 1. The summed E-state index contributed by atoms with van der Waals surface area (Å²) in [6.45, 7) is 3.31. The third-order valence-corrected chi connectivity index (χ3v) is 4.58. The van der Waals surface area contributed by atoms with Crippen LogP contribution in [0.25, 0.3) is 0 Å². The lowest BCUT2D eigenvalue weighted by molar-refractivity contribution is -0.250. The summed E-state index contributed by atoms with van der Waals surface area (Å²) in [5.41, 5.74) is 6.78. The van der Waals surface area contributed by atoms with Crippen molar-refractivity contribution in [3.63, 3.8) is 0 Å². The molecule has 0 bridgehead atoms. The minimum atomic E-state index is -1.53. The van der Waals surface area contributed by atoms with E-state index in [9.17, 15) is 19.2 Å². The molecule has 33 heavy (non-hydrogen) atoms. The third kappa shape index (κ3) is 7.02. The fraction of sp³-hybridized carbons (Fsp3) is 0.450. The number of esters is 4. The van der Waals surface area contributed by atoms with Crippen molar-refractivity contribution in [2.24, 2.45) is 0 Å². The van der Waals surface area contributed by atoms with E-state index in [1.807, 2.05) is 0 Å². The van der Waals surface area contributed by atoms with E-state index in [2.05, 4.69) is 10.6 Å². The van der Waals surface area contributed by atoms with E-state index in [0.717, 1.165) is 27.9 Å². The van der Waals surface area contributed by atoms with Gasteiger partial charge in [-0.25, -0.2) is 4.79 Å². The van der Waals surface area contributed by atoms with Crippen molar-refractivity contribution < 1.29 is 42.9 Å². The number of anilines is 2. The van der Waals surface area contributed by atoms with E-state index in [0.29, 0.717) is 11.4 Å². The van der Waals surface area contributed by atoms with Crippen LogP contribution in [0.5, 0.6) is 0 Å². The summed E-state index contributed by atoms with van der Waals surface area (Å²) in [5.74, 6) is -3.25. The number of hydrogen-bond acceptors (Lipinski definition) is 11. The van der Waals surface area contributed by atoms with Gasteiger partial charge in [-0.3, -0.25) is 14.4 Å². The smallest absolute Gasteiger partial charge is 0.339 e. The molecule has 1 saturated heterocycles. The normalized spacial score (nSPS) is 24.1. The lowest BCUT2D eigenvalue weighted by atomic mass is 9.97. The summed E-state index contributed by atoms with van der Waals surface area (Å²) in [6.07, 6.45) is -7.08. The van der Waals surface area contributed by atoms with Crippen LogP contribution in [0.4, 0.5) is 11.4 Å². The number of nitrogen functional groups attached to an aromatic ring is 1. The van der Waals surface area contributed by atoms with Gasteiger partial charge in [0.15, 0.2) is 35.8 Å². The van der Waals surface area contributed by atoms with Gasteiger partial charge in [0.1, 0.15) is 0 Å². The number of ether oxygens (including phenoxy) is 5. The third-order valence-electron chi connectivity index (χ3n) is 4.36. The molecule has 1 fully saturated rings. The second-order valence-corrected chi connectivity index (χ2v) is 7.32. The van der Waals surface area contributed by atoms with Crippen molar-refractivity contribution in [1.82, 2.24) is 5.32 Å². The first kappa shape index (κ1) is 25.8. The molecule has 180 valence electrons. The zero-order valence-corrected chi connectivity index (χ0v) is 19.2. The average Bonchev–Trinajstić information content (AvgIpc) is 2.72. The van der Waals surface area contributed by atoms with E-state index in [1.165, 1.54) is 0 Å². The summed E-state index contributed by atoms with van der Waals surface area (Å²) >= 11 is 5.29. The number of rotatable bonds is 6. The number of thiocarbonyl (C=S) groups is 1. The van der Waals surface area contributed by atoms with Gasteiger partial charge in [-0.1, -0.05) is 12.1 Å². The van der Waals surface area contributed by atoms with E-state index < -0.39 is 54.5 Å². The van der Waals surface area contributed by atoms with Crippen molar-refractivity contribution in [1.29, 1.82) is 0 Å². The number of nitrogens with one attached hydrogen (secondary N) is 2. The van der Waals surface area contributed by atoms with Gasteiger partial charge in [-0.15, -0.1) is 0 Å². The zero-order chi connectivity index (χ0) is 24.7. The zero-order valence-electron chi connectivity index (χ0n) is 18.4. The summed E-state index contributed by atoms with van der Waals surface area (Å²) in [6, 6.07) is 6.78. The van der Waals surface area contributed by atoms with E-state index >= 15 is 0 Å². The molecule has 0 spiro atoms. The molecule has 1 aromatic carbocycles. The van der Waals surface area contributed by atoms with Crippen LogP contribution >= 0.6 is 12.2 Å². The first-order valence-corrected chi connectivity index (χ1v) is 10.1. The van der Waals surface area contributed by atoms with Crippen LogP contribution in [0.2, 0.25) is 0 Å². The highest BCUT2D eigenvalue weighted by atomic mass is 32.1. The van der Waals surface area contributed by atoms with Gasteiger partial charge in [-0.05, 0) is 24.4 Å². The Bertz CT molecular complexity index is 926. The molecule has 5 atom stereocenters. The lowest BCUT2D eigenvalue weighted by Crippen LogP contribution is -2.67.